The molecule has 9 aromatic rings. The fourth-order valence-corrected chi connectivity index (χ4v) is 8.02. The van der Waals surface area contributed by atoms with Gasteiger partial charge in [0, 0.05) is 22.4 Å². The fourth-order valence-electron chi connectivity index (χ4n) is 4.96. The Bertz CT molecular complexity index is 2450. The average Bonchev–Trinajstić information content (AvgIpc) is 4.02. The Morgan fingerprint density at radius 2 is 0.657 bits per heavy atom. The Kier molecular flexibility index (Phi) is 26.4. The second-order valence-electron chi connectivity index (χ2n) is 17.0. The first-order chi connectivity index (χ1) is 31.9. The van der Waals surface area contributed by atoms with E-state index in [4.69, 9.17) is 11.6 Å². The van der Waals surface area contributed by atoms with Gasteiger partial charge in [-0.15, -0.1) is 0 Å². The zero-order valence-corrected chi connectivity index (χ0v) is 46.0. The number of fused-ring (bicyclic) bond motifs is 3. The predicted molar refractivity (Wildman–Crippen MR) is 297 cm³/mol. The number of nitrogens with zero attached hydrogens (tertiary/aromatic N) is 6. The summed E-state index contributed by atoms with van der Waals surface area (Å²) >= 11 is 10.5. The smallest absolute Gasteiger partial charge is 0.214 e. The van der Waals surface area contributed by atoms with Gasteiger partial charge in [-0.25, -0.2) is 29.9 Å². The highest BCUT2D eigenvalue weighted by molar-refractivity contribution is 7.22. The van der Waals surface area contributed by atoms with Crippen molar-refractivity contribution in [3.63, 3.8) is 0 Å². The van der Waals surface area contributed by atoms with Crippen LogP contribution in [0.1, 0.15) is 112 Å². The minimum atomic E-state index is -0.461. The van der Waals surface area contributed by atoms with Gasteiger partial charge in [-0.05, 0) is 81.8 Å². The second-order valence-corrected chi connectivity index (χ2v) is 20.4. The van der Waals surface area contributed by atoms with Crippen LogP contribution >= 0.6 is 45.6 Å². The number of hydrogen-bond donors (Lipinski definition) is 0. The molecular weight excluding hydrogens is 907 g/mol. The third-order valence-electron chi connectivity index (χ3n) is 7.73. The Morgan fingerprint density at radius 1 is 0.373 bits per heavy atom. The molecule has 3 aromatic carbocycles. The molecule has 0 spiro atoms. The molecule has 11 heteroatoms. The van der Waals surface area contributed by atoms with Crippen molar-refractivity contribution in [3.05, 3.63) is 143 Å². The number of aromatic nitrogens is 6. The molecule has 67 heavy (non-hydrogen) atoms. The van der Waals surface area contributed by atoms with Gasteiger partial charge in [0.2, 0.25) is 5.95 Å². The summed E-state index contributed by atoms with van der Waals surface area (Å²) in [6, 6.07) is 35.6. The van der Waals surface area contributed by atoms with E-state index in [1.807, 2.05) is 84.0 Å². The van der Waals surface area contributed by atoms with Crippen LogP contribution in [-0.2, 0) is 0 Å². The molecule has 0 saturated heterocycles. The molecule has 0 N–H and O–H groups in total. The highest BCUT2D eigenvalue weighted by Gasteiger charge is 2.10. The number of rotatable bonds is 3. The molecule has 0 radical (unpaired) electrons. The molecule has 0 aliphatic heterocycles. The number of hydrogen-bond acceptors (Lipinski definition) is 9. The normalized spacial score (nSPS) is 10.1. The van der Waals surface area contributed by atoms with E-state index in [1.165, 1.54) is 34.1 Å². The fraction of sp³-hybridized carbons (Fsp3) is 0.357. The van der Waals surface area contributed by atoms with E-state index in [-0.39, 0.29) is 0 Å². The number of thiazole rings is 3. The van der Waals surface area contributed by atoms with Crippen LogP contribution in [0.3, 0.4) is 0 Å². The highest BCUT2D eigenvalue weighted by atomic mass is 35.5. The van der Waals surface area contributed by atoms with Gasteiger partial charge in [0.05, 0.1) is 0 Å². The van der Waals surface area contributed by atoms with Crippen LogP contribution in [0, 0.1) is 51.4 Å². The van der Waals surface area contributed by atoms with E-state index in [0.717, 1.165) is 81.4 Å². The van der Waals surface area contributed by atoms with Gasteiger partial charge in [0.1, 0.15) is 51.2 Å². The maximum Gasteiger partial charge on any atom is 0.214 e. The van der Waals surface area contributed by atoms with Crippen LogP contribution in [0.4, 0.5) is 4.39 Å². The van der Waals surface area contributed by atoms with Gasteiger partial charge in [0.25, 0.3) is 0 Å². The largest absolute Gasteiger partial charge is 0.241 e. The lowest BCUT2D eigenvalue weighted by atomic mass is 10.2. The SMILES string of the molecule is CC.CC.CC(C)C.CC(C)C.CC(C)C.Cc1ccc(-c2nc3ccc(C)nc3s2)cc1.Cc1ccc(-c2nc3ccc(Cl)nc3s2)cc1.Cc1ccc(-c2nc3ccc(F)nc3s2)cc1. The monoisotopic (exact) mass is 978 g/mol. The molecule has 0 aliphatic rings. The van der Waals surface area contributed by atoms with Gasteiger partial charge < -0.3 is 0 Å². The van der Waals surface area contributed by atoms with Crippen molar-refractivity contribution in [3.8, 4) is 31.7 Å². The van der Waals surface area contributed by atoms with Gasteiger partial charge >= 0.3 is 0 Å². The van der Waals surface area contributed by atoms with Gasteiger partial charge in [0.15, 0.2) is 0 Å². The van der Waals surface area contributed by atoms with E-state index in [9.17, 15) is 4.39 Å². The maximum atomic E-state index is 13.0. The average molecular weight is 980 g/mol. The quantitative estimate of drug-likeness (QED) is 0.164. The number of halogens is 2. The van der Waals surface area contributed by atoms with Crippen molar-refractivity contribution in [1.29, 1.82) is 0 Å². The lowest BCUT2D eigenvalue weighted by molar-refractivity contribution is 0.589. The Morgan fingerprint density at radius 3 is 1.00 bits per heavy atom. The Hall–Kier alpha value is -5.00. The summed E-state index contributed by atoms with van der Waals surface area (Å²) in [5.41, 5.74) is 10.7. The Balaban J connectivity index is 0.000000298. The van der Waals surface area contributed by atoms with E-state index in [1.54, 1.807) is 34.8 Å². The van der Waals surface area contributed by atoms with E-state index in [2.05, 4.69) is 155 Å². The van der Waals surface area contributed by atoms with Crippen LogP contribution in [0.2, 0.25) is 5.15 Å². The topological polar surface area (TPSA) is 77.3 Å². The van der Waals surface area contributed by atoms with Crippen molar-refractivity contribution in [2.24, 2.45) is 17.8 Å². The lowest BCUT2D eigenvalue weighted by Gasteiger charge is -1.95. The molecule has 0 bridgehead atoms. The third kappa shape index (κ3) is 21.2. The van der Waals surface area contributed by atoms with Crippen LogP contribution in [0.25, 0.3) is 62.8 Å². The maximum absolute atomic E-state index is 13.0. The van der Waals surface area contributed by atoms with Gasteiger partial charge in [-0.2, -0.15) is 4.39 Å². The molecule has 0 amide bonds. The van der Waals surface area contributed by atoms with Gasteiger partial charge in [-0.3, -0.25) is 0 Å². The second kappa shape index (κ2) is 30.4. The van der Waals surface area contributed by atoms with Crippen LogP contribution in [0.15, 0.2) is 109 Å². The first-order valence-corrected chi connectivity index (χ1v) is 26.0. The summed E-state index contributed by atoms with van der Waals surface area (Å²) in [7, 11) is 0. The highest BCUT2D eigenvalue weighted by Crippen LogP contribution is 2.32. The Labute approximate surface area is 418 Å². The first-order valence-electron chi connectivity index (χ1n) is 23.2. The first kappa shape index (κ1) is 58.1. The summed E-state index contributed by atoms with van der Waals surface area (Å²) < 4.78 is 13.0. The molecule has 9 rings (SSSR count). The number of aryl methyl sites for hydroxylation is 4. The van der Waals surface area contributed by atoms with E-state index < -0.39 is 5.95 Å². The summed E-state index contributed by atoms with van der Waals surface area (Å²) in [5, 5.41) is 3.41. The zero-order chi connectivity index (χ0) is 50.2. The van der Waals surface area contributed by atoms with Crippen LogP contribution < -0.4 is 0 Å². The van der Waals surface area contributed by atoms with Crippen LogP contribution in [-0.4, -0.2) is 29.9 Å². The van der Waals surface area contributed by atoms with Crippen molar-refractivity contribution in [2.75, 3.05) is 0 Å². The molecule has 6 aromatic heterocycles. The van der Waals surface area contributed by atoms with Crippen molar-refractivity contribution < 1.29 is 4.39 Å². The molecule has 0 fully saturated rings. The molecule has 6 heterocycles. The molecule has 0 atom stereocenters. The third-order valence-corrected chi connectivity index (χ3v) is 11.0. The number of pyridine rings is 3. The molecule has 0 saturated carbocycles. The lowest BCUT2D eigenvalue weighted by Crippen LogP contribution is -1.79. The van der Waals surface area contributed by atoms with E-state index in [0.29, 0.717) is 9.98 Å². The molecular formula is C56H72ClFN6S3. The molecule has 0 unspecified atom stereocenters. The standard InChI is InChI=1S/C14H12N2S.C13H9ClN2S.C13H9FN2S.3C4H10.2C2H6/c1-9-3-6-11(7-4-9)13-16-12-8-5-10(2)15-14(12)17-13;2*1-8-2-4-9(5-3-8)12-15-10-6-7-11(14)16-13(10)17-12;3*1-4(2)3;2*1-2/h3-8H,1-2H3;2*2-7H,1H3;3*4H,1-3H3;2*1-2H3. The summed E-state index contributed by atoms with van der Waals surface area (Å²) in [4.78, 5) is 28.7. The summed E-state index contributed by atoms with van der Waals surface area (Å²) in [6.07, 6.45) is 0. The zero-order valence-electron chi connectivity index (χ0n) is 42.8. The summed E-state index contributed by atoms with van der Waals surface area (Å²) in [5.74, 6) is 2.04. The van der Waals surface area contributed by atoms with Gasteiger partial charge in [-0.1, -0.05) is 225 Å². The molecule has 358 valence electrons. The molecule has 6 nitrogen and oxygen atoms in total. The van der Waals surface area contributed by atoms with Crippen molar-refractivity contribution in [1.82, 2.24) is 29.9 Å². The van der Waals surface area contributed by atoms with Crippen LogP contribution in [0.5, 0.6) is 0 Å². The minimum absolute atomic E-state index is 0.461. The minimum Gasteiger partial charge on any atom is -0.241 e. The van der Waals surface area contributed by atoms with Crippen molar-refractivity contribution in [2.45, 2.75) is 118 Å². The predicted octanol–water partition coefficient (Wildman–Crippen LogP) is 19.1. The van der Waals surface area contributed by atoms with Crippen molar-refractivity contribution >= 4 is 76.7 Å². The summed E-state index contributed by atoms with van der Waals surface area (Å²) in [6.45, 7) is 35.7. The molecule has 0 aliphatic carbocycles. The van der Waals surface area contributed by atoms with E-state index >= 15 is 0 Å². The number of benzene rings is 3.